The number of nitrogens with zero attached hydrogens (tertiary/aromatic N) is 4. The summed E-state index contributed by atoms with van der Waals surface area (Å²) in [5, 5.41) is 11.8. The molecule has 174 valence electrons. The highest BCUT2D eigenvalue weighted by molar-refractivity contribution is 5.95. The zero-order valence-corrected chi connectivity index (χ0v) is 19.2. The molecule has 1 heterocycles. The molecule has 0 bridgehead atoms. The third kappa shape index (κ3) is 7.92. The van der Waals surface area contributed by atoms with E-state index in [1.54, 1.807) is 4.90 Å². The van der Waals surface area contributed by atoms with Gasteiger partial charge in [0.15, 0.2) is 0 Å². The Morgan fingerprint density at radius 1 is 0.939 bits per heavy atom. The quantitative estimate of drug-likeness (QED) is 0.536. The number of piperazine rings is 1. The number of nitriles is 1. The number of benzene rings is 2. The minimum Gasteiger partial charge on any atom is -0.369 e. The Labute approximate surface area is 196 Å². The average molecular weight is 448 g/mol. The lowest BCUT2D eigenvalue weighted by Crippen LogP contribution is -2.47. The maximum atomic E-state index is 12.6. The zero-order chi connectivity index (χ0) is 23.3. The number of para-hydroxylation sites is 2. The van der Waals surface area contributed by atoms with Crippen LogP contribution in [0.5, 0.6) is 0 Å². The maximum Gasteiger partial charge on any atom is 0.227 e. The van der Waals surface area contributed by atoms with Gasteiger partial charge in [-0.25, -0.2) is 0 Å². The number of carbonyl (C=O) groups excluding carboxylic acids is 2. The molecular formula is C26H33N5O2. The molecule has 0 spiro atoms. The molecule has 0 atom stereocenters. The monoisotopic (exact) mass is 447 g/mol. The third-order valence-electron chi connectivity index (χ3n) is 5.85. The molecule has 0 aromatic heterocycles. The summed E-state index contributed by atoms with van der Waals surface area (Å²) in [5.41, 5.74) is 2.03. The molecule has 7 heteroatoms. The number of hydrogen-bond acceptors (Lipinski definition) is 5. The van der Waals surface area contributed by atoms with E-state index in [1.807, 2.05) is 36.4 Å². The number of anilines is 2. The first-order chi connectivity index (χ1) is 16.2. The van der Waals surface area contributed by atoms with E-state index in [1.165, 1.54) is 5.69 Å². The molecule has 1 saturated heterocycles. The summed E-state index contributed by atoms with van der Waals surface area (Å²) in [4.78, 5) is 31.3. The molecule has 3 rings (SSSR count). The van der Waals surface area contributed by atoms with Gasteiger partial charge in [0, 0.05) is 63.5 Å². The van der Waals surface area contributed by atoms with Crippen molar-refractivity contribution in [3.05, 3.63) is 60.7 Å². The van der Waals surface area contributed by atoms with Crippen molar-refractivity contribution >= 4 is 23.2 Å². The summed E-state index contributed by atoms with van der Waals surface area (Å²) in [6.07, 6.45) is 1.44. The normalized spacial score (nSPS) is 13.8. The molecule has 2 aromatic carbocycles. The van der Waals surface area contributed by atoms with Gasteiger partial charge in [-0.2, -0.15) is 5.26 Å². The van der Waals surface area contributed by atoms with Crippen LogP contribution in [0.3, 0.4) is 0 Å². The Morgan fingerprint density at radius 3 is 2.27 bits per heavy atom. The largest absolute Gasteiger partial charge is 0.369 e. The van der Waals surface area contributed by atoms with Gasteiger partial charge in [-0.3, -0.25) is 14.5 Å². The average Bonchev–Trinajstić information content (AvgIpc) is 2.87. The lowest BCUT2D eigenvalue weighted by Gasteiger charge is -2.36. The van der Waals surface area contributed by atoms with Gasteiger partial charge in [-0.1, -0.05) is 36.4 Å². The van der Waals surface area contributed by atoms with E-state index < -0.39 is 0 Å². The van der Waals surface area contributed by atoms with Gasteiger partial charge in [0.2, 0.25) is 11.8 Å². The Kier molecular flexibility index (Phi) is 9.74. The van der Waals surface area contributed by atoms with Crippen molar-refractivity contribution in [1.82, 2.24) is 10.2 Å². The highest BCUT2D eigenvalue weighted by atomic mass is 16.2. The highest BCUT2D eigenvalue weighted by Gasteiger charge is 2.18. The summed E-state index contributed by atoms with van der Waals surface area (Å²) < 4.78 is 0. The van der Waals surface area contributed by atoms with Gasteiger partial charge in [-0.05, 0) is 37.2 Å². The fourth-order valence-electron chi connectivity index (χ4n) is 4.01. The van der Waals surface area contributed by atoms with E-state index >= 15 is 0 Å². The minimum absolute atomic E-state index is 0.106. The van der Waals surface area contributed by atoms with Crippen molar-refractivity contribution in [2.75, 3.05) is 55.6 Å². The number of amides is 2. The van der Waals surface area contributed by atoms with Crippen LogP contribution in [0.15, 0.2) is 60.7 Å². The second kappa shape index (κ2) is 13.2. The van der Waals surface area contributed by atoms with Crippen molar-refractivity contribution in [1.29, 1.82) is 5.26 Å². The molecule has 2 amide bonds. The molecule has 1 aliphatic heterocycles. The number of carbonyl (C=O) groups is 2. The Bertz CT molecular complexity index is 905. The molecule has 0 unspecified atom stereocenters. The standard InChI is InChI=1S/C26H33N5O2/c27-15-7-18-31(24-11-5-2-6-12-24)26(33)14-13-25(32)28-16-8-17-29-19-21-30(22-20-29)23-9-3-1-4-10-23/h1-6,9-12H,7-8,13-14,16-22H2,(H,28,32). The van der Waals surface area contributed by atoms with Crippen LogP contribution < -0.4 is 15.1 Å². The van der Waals surface area contributed by atoms with Crippen LogP contribution in [0.1, 0.15) is 25.7 Å². The van der Waals surface area contributed by atoms with Crippen LogP contribution >= 0.6 is 0 Å². The second-order valence-electron chi connectivity index (χ2n) is 8.16. The van der Waals surface area contributed by atoms with Gasteiger partial charge in [0.05, 0.1) is 12.5 Å². The molecule has 33 heavy (non-hydrogen) atoms. The van der Waals surface area contributed by atoms with Crippen molar-refractivity contribution in [3.8, 4) is 6.07 Å². The summed E-state index contributed by atoms with van der Waals surface area (Å²) in [5.74, 6) is -0.242. The van der Waals surface area contributed by atoms with E-state index in [0.29, 0.717) is 13.1 Å². The first kappa shape index (κ1) is 24.3. The van der Waals surface area contributed by atoms with Crippen LogP contribution in [0, 0.1) is 11.3 Å². The number of rotatable bonds is 11. The lowest BCUT2D eigenvalue weighted by molar-refractivity contribution is -0.125. The van der Waals surface area contributed by atoms with E-state index in [4.69, 9.17) is 5.26 Å². The van der Waals surface area contributed by atoms with E-state index in [9.17, 15) is 9.59 Å². The molecule has 0 radical (unpaired) electrons. The smallest absolute Gasteiger partial charge is 0.227 e. The predicted molar refractivity (Wildman–Crippen MR) is 131 cm³/mol. The van der Waals surface area contributed by atoms with Crippen LogP contribution in [-0.4, -0.2) is 62.5 Å². The second-order valence-corrected chi connectivity index (χ2v) is 8.16. The van der Waals surface area contributed by atoms with Gasteiger partial charge in [-0.15, -0.1) is 0 Å². The molecule has 1 fully saturated rings. The van der Waals surface area contributed by atoms with Gasteiger partial charge in [0.1, 0.15) is 0 Å². The highest BCUT2D eigenvalue weighted by Crippen LogP contribution is 2.16. The Balaban J connectivity index is 1.31. The van der Waals surface area contributed by atoms with Gasteiger partial charge < -0.3 is 15.1 Å². The van der Waals surface area contributed by atoms with Gasteiger partial charge in [0.25, 0.3) is 0 Å². The Hall–Kier alpha value is -3.37. The molecular weight excluding hydrogens is 414 g/mol. The van der Waals surface area contributed by atoms with Crippen molar-refractivity contribution in [3.63, 3.8) is 0 Å². The molecule has 1 aliphatic rings. The fraction of sp³-hybridized carbons (Fsp3) is 0.423. The summed E-state index contributed by atoms with van der Waals surface area (Å²) in [6, 6.07) is 21.8. The van der Waals surface area contributed by atoms with E-state index in [0.717, 1.165) is 44.8 Å². The van der Waals surface area contributed by atoms with Crippen molar-refractivity contribution < 1.29 is 9.59 Å². The molecule has 0 saturated carbocycles. The summed E-state index contributed by atoms with van der Waals surface area (Å²) >= 11 is 0. The molecule has 0 aliphatic carbocycles. The minimum atomic E-state index is -0.136. The summed E-state index contributed by atoms with van der Waals surface area (Å²) in [7, 11) is 0. The topological polar surface area (TPSA) is 79.7 Å². The van der Waals surface area contributed by atoms with Crippen LogP contribution in [-0.2, 0) is 9.59 Å². The number of nitrogens with one attached hydrogen (secondary N) is 1. The summed E-state index contributed by atoms with van der Waals surface area (Å²) in [6.45, 7) is 5.98. The van der Waals surface area contributed by atoms with Crippen LogP contribution in [0.4, 0.5) is 11.4 Å². The first-order valence-electron chi connectivity index (χ1n) is 11.7. The van der Waals surface area contributed by atoms with Crippen molar-refractivity contribution in [2.24, 2.45) is 0 Å². The lowest BCUT2D eigenvalue weighted by atomic mass is 10.2. The molecule has 7 nitrogen and oxygen atoms in total. The van der Waals surface area contributed by atoms with Crippen LogP contribution in [0.25, 0.3) is 0 Å². The SMILES string of the molecule is N#CCCN(C(=O)CCC(=O)NCCCN1CCN(c2ccccc2)CC1)c1ccccc1. The van der Waals surface area contributed by atoms with Crippen LogP contribution in [0.2, 0.25) is 0 Å². The van der Waals surface area contributed by atoms with E-state index in [2.05, 4.69) is 45.5 Å². The Morgan fingerprint density at radius 2 is 1.61 bits per heavy atom. The maximum absolute atomic E-state index is 12.6. The third-order valence-corrected chi connectivity index (χ3v) is 5.85. The molecule has 2 aromatic rings. The van der Waals surface area contributed by atoms with Gasteiger partial charge >= 0.3 is 0 Å². The fourth-order valence-corrected chi connectivity index (χ4v) is 4.01. The predicted octanol–water partition coefficient (Wildman–Crippen LogP) is 3.04. The van der Waals surface area contributed by atoms with Crippen molar-refractivity contribution in [2.45, 2.75) is 25.7 Å². The number of hydrogen-bond donors (Lipinski definition) is 1. The van der Waals surface area contributed by atoms with E-state index in [-0.39, 0.29) is 31.1 Å². The first-order valence-corrected chi connectivity index (χ1v) is 11.7. The zero-order valence-electron chi connectivity index (χ0n) is 19.2. The molecule has 1 N–H and O–H groups in total.